The molecule has 0 atom stereocenters. The number of halogens is 2. The quantitative estimate of drug-likeness (QED) is 0.558. The molecule has 0 unspecified atom stereocenters. The molecule has 0 aliphatic carbocycles. The number of hydrogen-bond acceptors (Lipinski definition) is 2. The van der Waals surface area contributed by atoms with E-state index >= 15 is 0 Å². The molecule has 3 nitrogen and oxygen atoms in total. The Morgan fingerprint density at radius 2 is 1.70 bits per heavy atom. The Bertz CT molecular complexity index is 863. The van der Waals surface area contributed by atoms with E-state index in [0.717, 1.165) is 40.9 Å². The van der Waals surface area contributed by atoms with Crippen molar-refractivity contribution >= 4 is 34.8 Å². The minimum atomic E-state index is -0.238. The van der Waals surface area contributed by atoms with Crippen molar-refractivity contribution in [3.05, 3.63) is 68.0 Å². The zero-order valence-electron chi connectivity index (χ0n) is 16.5. The first-order chi connectivity index (χ1) is 12.8. The number of hydrogen-bond donors (Lipinski definition) is 1. The highest BCUT2D eigenvalue weighted by Crippen LogP contribution is 2.31. The summed E-state index contributed by atoms with van der Waals surface area (Å²) in [4.78, 5) is 17.7. The smallest absolute Gasteiger partial charge is 0.259 e. The summed E-state index contributed by atoms with van der Waals surface area (Å²) in [6.07, 6.45) is 6.17. The highest BCUT2D eigenvalue weighted by Gasteiger charge is 2.21. The SMILES string of the molecule is C/C=C/Cc1c(C)nc(C)c(C(=O)Nc2c(CC)cc(Cl)cc2CC)c1Cl. The van der Waals surface area contributed by atoms with Crippen LogP contribution in [0, 0.1) is 13.8 Å². The number of carbonyl (C=O) groups excluding carboxylic acids is 1. The number of allylic oxidation sites excluding steroid dienone is 2. The first-order valence-electron chi connectivity index (χ1n) is 9.23. The van der Waals surface area contributed by atoms with Gasteiger partial charge in [0.25, 0.3) is 5.91 Å². The number of aromatic nitrogens is 1. The lowest BCUT2D eigenvalue weighted by Gasteiger charge is -2.18. The summed E-state index contributed by atoms with van der Waals surface area (Å²) in [6, 6.07) is 3.80. The predicted molar refractivity (Wildman–Crippen MR) is 115 cm³/mol. The van der Waals surface area contributed by atoms with Crippen molar-refractivity contribution < 1.29 is 4.79 Å². The van der Waals surface area contributed by atoms with Gasteiger partial charge in [0.2, 0.25) is 0 Å². The van der Waals surface area contributed by atoms with Crippen LogP contribution in [0.2, 0.25) is 10.0 Å². The maximum atomic E-state index is 13.1. The first kappa shape index (κ1) is 21.5. The van der Waals surface area contributed by atoms with Gasteiger partial charge in [-0.1, -0.05) is 49.2 Å². The molecule has 0 aliphatic heterocycles. The van der Waals surface area contributed by atoms with Crippen LogP contribution in [0.3, 0.4) is 0 Å². The Balaban J connectivity index is 2.51. The van der Waals surface area contributed by atoms with Gasteiger partial charge in [0, 0.05) is 16.4 Å². The number of aryl methyl sites for hydroxylation is 4. The van der Waals surface area contributed by atoms with Crippen LogP contribution < -0.4 is 5.32 Å². The number of rotatable bonds is 6. The first-order valence-corrected chi connectivity index (χ1v) is 9.98. The van der Waals surface area contributed by atoms with Crippen LogP contribution in [0.25, 0.3) is 0 Å². The zero-order chi connectivity index (χ0) is 20.1. The maximum Gasteiger partial charge on any atom is 0.259 e. The van der Waals surface area contributed by atoms with Crippen LogP contribution in [0.5, 0.6) is 0 Å². The van der Waals surface area contributed by atoms with Gasteiger partial charge in [-0.05, 0) is 68.9 Å². The number of benzene rings is 1. The van der Waals surface area contributed by atoms with Gasteiger partial charge < -0.3 is 5.32 Å². The van der Waals surface area contributed by atoms with E-state index in [9.17, 15) is 4.79 Å². The number of pyridine rings is 1. The van der Waals surface area contributed by atoms with Crippen LogP contribution in [-0.2, 0) is 19.3 Å². The monoisotopic (exact) mass is 404 g/mol. The number of amides is 1. The number of nitrogens with one attached hydrogen (secondary N) is 1. The molecule has 1 N–H and O–H groups in total. The van der Waals surface area contributed by atoms with Crippen LogP contribution in [0.15, 0.2) is 24.3 Å². The van der Waals surface area contributed by atoms with Gasteiger partial charge in [0.15, 0.2) is 0 Å². The molecule has 27 heavy (non-hydrogen) atoms. The van der Waals surface area contributed by atoms with Crippen molar-refractivity contribution in [1.29, 1.82) is 0 Å². The molecule has 2 rings (SSSR count). The second kappa shape index (κ2) is 9.38. The van der Waals surface area contributed by atoms with Gasteiger partial charge >= 0.3 is 0 Å². The summed E-state index contributed by atoms with van der Waals surface area (Å²) in [5.41, 5.74) is 5.63. The van der Waals surface area contributed by atoms with E-state index in [4.69, 9.17) is 23.2 Å². The Labute approximate surface area is 171 Å². The van der Waals surface area contributed by atoms with E-state index < -0.39 is 0 Å². The average molecular weight is 405 g/mol. The summed E-state index contributed by atoms with van der Waals surface area (Å²) in [6.45, 7) is 9.78. The number of carbonyl (C=O) groups is 1. The van der Waals surface area contributed by atoms with Gasteiger partial charge in [0.1, 0.15) is 0 Å². The lowest BCUT2D eigenvalue weighted by molar-refractivity contribution is 0.102. The molecule has 0 bridgehead atoms. The minimum absolute atomic E-state index is 0.238. The minimum Gasteiger partial charge on any atom is -0.321 e. The van der Waals surface area contributed by atoms with E-state index in [1.807, 2.05) is 58.9 Å². The Morgan fingerprint density at radius 3 is 2.22 bits per heavy atom. The Morgan fingerprint density at radius 1 is 1.11 bits per heavy atom. The molecule has 1 aromatic carbocycles. The standard InChI is InChI=1S/C22H26Cl2N2O/c1-6-9-10-18-13(4)25-14(5)19(20(18)24)22(27)26-21-15(7-2)11-17(23)12-16(21)8-3/h6,9,11-12H,7-8,10H2,1-5H3,(H,26,27)/b9-6+. The molecule has 0 saturated carbocycles. The predicted octanol–water partition coefficient (Wildman–Crippen LogP) is 6.50. The third-order valence-electron chi connectivity index (χ3n) is 4.67. The highest BCUT2D eigenvalue weighted by atomic mass is 35.5. The molecule has 0 fully saturated rings. The summed E-state index contributed by atoms with van der Waals surface area (Å²) >= 11 is 12.9. The van der Waals surface area contributed by atoms with Crippen molar-refractivity contribution in [2.45, 2.75) is 53.9 Å². The lowest BCUT2D eigenvalue weighted by atomic mass is 10.0. The fraction of sp³-hybridized carbons (Fsp3) is 0.364. The summed E-state index contributed by atoms with van der Waals surface area (Å²) in [7, 11) is 0. The van der Waals surface area contributed by atoms with Crippen molar-refractivity contribution in [3.63, 3.8) is 0 Å². The van der Waals surface area contributed by atoms with Crippen LogP contribution in [-0.4, -0.2) is 10.9 Å². The Kier molecular flexibility index (Phi) is 7.46. The van der Waals surface area contributed by atoms with Gasteiger partial charge in [0.05, 0.1) is 16.3 Å². The topological polar surface area (TPSA) is 42.0 Å². The number of anilines is 1. The van der Waals surface area contributed by atoms with E-state index in [-0.39, 0.29) is 5.91 Å². The molecule has 0 spiro atoms. The van der Waals surface area contributed by atoms with Crippen molar-refractivity contribution in [1.82, 2.24) is 4.98 Å². The van der Waals surface area contributed by atoms with Crippen molar-refractivity contribution in [2.24, 2.45) is 0 Å². The summed E-state index contributed by atoms with van der Waals surface area (Å²) in [5.74, 6) is -0.238. The number of nitrogens with zero attached hydrogens (tertiary/aromatic N) is 1. The Hall–Kier alpha value is -1.84. The molecular weight excluding hydrogens is 379 g/mol. The van der Waals surface area contributed by atoms with Gasteiger partial charge in [-0.3, -0.25) is 9.78 Å². The zero-order valence-corrected chi connectivity index (χ0v) is 18.1. The molecular formula is C22H26Cl2N2O. The highest BCUT2D eigenvalue weighted by molar-refractivity contribution is 6.35. The molecule has 2 aromatic rings. The van der Waals surface area contributed by atoms with E-state index in [1.165, 1.54) is 0 Å². The third-order valence-corrected chi connectivity index (χ3v) is 5.31. The maximum absolute atomic E-state index is 13.1. The summed E-state index contributed by atoms with van der Waals surface area (Å²) in [5, 5.41) is 4.22. The molecule has 1 amide bonds. The van der Waals surface area contributed by atoms with E-state index in [1.54, 1.807) is 0 Å². The largest absolute Gasteiger partial charge is 0.321 e. The molecule has 0 radical (unpaired) electrons. The summed E-state index contributed by atoms with van der Waals surface area (Å²) < 4.78 is 0. The molecule has 5 heteroatoms. The average Bonchev–Trinajstić information content (AvgIpc) is 2.62. The van der Waals surface area contributed by atoms with Crippen LogP contribution in [0.4, 0.5) is 5.69 Å². The molecule has 0 saturated heterocycles. The van der Waals surface area contributed by atoms with Gasteiger partial charge in [-0.2, -0.15) is 0 Å². The third kappa shape index (κ3) is 4.72. The van der Waals surface area contributed by atoms with E-state index in [2.05, 4.69) is 10.3 Å². The fourth-order valence-corrected chi connectivity index (χ4v) is 3.90. The second-order valence-corrected chi connectivity index (χ2v) is 7.30. The molecule has 144 valence electrons. The van der Waals surface area contributed by atoms with Gasteiger partial charge in [-0.25, -0.2) is 0 Å². The van der Waals surface area contributed by atoms with Crippen molar-refractivity contribution in [3.8, 4) is 0 Å². The van der Waals surface area contributed by atoms with Crippen molar-refractivity contribution in [2.75, 3.05) is 5.32 Å². The van der Waals surface area contributed by atoms with E-state index in [0.29, 0.717) is 27.7 Å². The van der Waals surface area contributed by atoms with Gasteiger partial charge in [-0.15, -0.1) is 0 Å². The van der Waals surface area contributed by atoms with Crippen LogP contribution in [0.1, 0.15) is 59.2 Å². The molecule has 1 aromatic heterocycles. The second-order valence-electron chi connectivity index (χ2n) is 6.48. The molecule has 1 heterocycles. The van der Waals surface area contributed by atoms with Crippen LogP contribution >= 0.6 is 23.2 Å². The lowest BCUT2D eigenvalue weighted by Crippen LogP contribution is -2.18. The fourth-order valence-electron chi connectivity index (χ4n) is 3.20. The molecule has 0 aliphatic rings. The normalized spacial score (nSPS) is 11.2.